The molecule has 1 heterocycles. The van der Waals surface area contributed by atoms with Crippen molar-refractivity contribution in [3.05, 3.63) is 71.8 Å². The lowest BCUT2D eigenvalue weighted by atomic mass is 9.95. The van der Waals surface area contributed by atoms with Gasteiger partial charge in [0.1, 0.15) is 0 Å². The van der Waals surface area contributed by atoms with Crippen LogP contribution in [0.2, 0.25) is 0 Å². The van der Waals surface area contributed by atoms with Crippen LogP contribution in [0, 0.1) is 0 Å². The van der Waals surface area contributed by atoms with E-state index in [4.69, 9.17) is 5.73 Å². The molecule has 0 aliphatic carbocycles. The topological polar surface area (TPSA) is 49.6 Å². The molecule has 1 aliphatic heterocycles. The minimum Gasteiger partial charge on any atom is -0.342 e. The Bertz CT molecular complexity index is 691. The van der Waals surface area contributed by atoms with E-state index >= 15 is 0 Å². The van der Waals surface area contributed by atoms with E-state index in [0.29, 0.717) is 12.6 Å². The molecule has 1 amide bonds. The molecule has 1 unspecified atom stereocenters. The van der Waals surface area contributed by atoms with Crippen molar-refractivity contribution < 1.29 is 4.79 Å². The Morgan fingerprint density at radius 2 is 1.57 bits per heavy atom. The molecule has 1 fully saturated rings. The Morgan fingerprint density at radius 3 is 2.11 bits per heavy atom. The number of piperidine rings is 1. The maximum atomic E-state index is 13.0. The highest BCUT2D eigenvalue weighted by Gasteiger charge is 2.29. The first kappa shape index (κ1) is 24.4. The number of hydrogen-bond donors (Lipinski definition) is 1. The van der Waals surface area contributed by atoms with Gasteiger partial charge in [-0.3, -0.25) is 9.69 Å². The van der Waals surface area contributed by atoms with Crippen LogP contribution in [-0.4, -0.2) is 48.4 Å². The lowest BCUT2D eigenvalue weighted by molar-refractivity contribution is -0.134. The van der Waals surface area contributed by atoms with Gasteiger partial charge >= 0.3 is 0 Å². The Balaban J connectivity index is 0.00000196. The molecule has 2 aromatic rings. The Labute approximate surface area is 180 Å². The highest BCUT2D eigenvalue weighted by Crippen LogP contribution is 2.22. The van der Waals surface area contributed by atoms with Gasteiger partial charge in [-0.2, -0.15) is 0 Å². The van der Waals surface area contributed by atoms with Gasteiger partial charge in [0.05, 0.1) is 5.92 Å². The van der Waals surface area contributed by atoms with Crippen molar-refractivity contribution in [1.29, 1.82) is 0 Å². The van der Waals surface area contributed by atoms with E-state index in [1.54, 1.807) is 0 Å². The van der Waals surface area contributed by atoms with E-state index in [-0.39, 0.29) is 36.6 Å². The number of hydrogen-bond acceptors (Lipinski definition) is 3. The van der Waals surface area contributed by atoms with Crippen molar-refractivity contribution in [2.45, 2.75) is 31.3 Å². The highest BCUT2D eigenvalue weighted by molar-refractivity contribution is 5.85. The third kappa shape index (κ3) is 6.21. The number of rotatable bonds is 6. The van der Waals surface area contributed by atoms with Crippen LogP contribution >= 0.6 is 24.8 Å². The minimum atomic E-state index is -0.247. The number of likely N-dealkylation sites (N-methyl/N-ethyl adjacent to an activating group) is 1. The SMILES string of the molecule is CN(C(=O)C(CN)c1ccccc1)C1CCN(Cc2ccccc2)CC1.Cl.Cl. The predicted molar refractivity (Wildman–Crippen MR) is 120 cm³/mol. The van der Waals surface area contributed by atoms with Crippen LogP contribution < -0.4 is 5.73 Å². The molecule has 0 radical (unpaired) electrons. The summed E-state index contributed by atoms with van der Waals surface area (Å²) < 4.78 is 0. The first-order valence-corrected chi connectivity index (χ1v) is 9.47. The number of benzene rings is 2. The van der Waals surface area contributed by atoms with Gasteiger partial charge in [0.15, 0.2) is 0 Å². The van der Waals surface area contributed by atoms with Gasteiger partial charge in [0.2, 0.25) is 5.91 Å². The van der Waals surface area contributed by atoms with Crippen molar-refractivity contribution in [1.82, 2.24) is 9.80 Å². The van der Waals surface area contributed by atoms with Gasteiger partial charge in [0, 0.05) is 39.3 Å². The maximum Gasteiger partial charge on any atom is 0.231 e. The van der Waals surface area contributed by atoms with E-state index in [1.807, 2.05) is 42.3 Å². The third-order valence-electron chi connectivity index (χ3n) is 5.44. The number of halogens is 2. The zero-order valence-corrected chi connectivity index (χ0v) is 18.0. The Morgan fingerprint density at radius 1 is 1.04 bits per heavy atom. The summed E-state index contributed by atoms with van der Waals surface area (Å²) in [5, 5.41) is 0. The van der Waals surface area contributed by atoms with E-state index in [0.717, 1.165) is 38.0 Å². The molecular formula is C22H31Cl2N3O. The summed E-state index contributed by atoms with van der Waals surface area (Å²) >= 11 is 0. The average Bonchev–Trinajstić information content (AvgIpc) is 2.70. The largest absolute Gasteiger partial charge is 0.342 e. The third-order valence-corrected chi connectivity index (χ3v) is 5.44. The molecule has 1 saturated heterocycles. The first-order chi connectivity index (χ1) is 12.7. The number of nitrogens with zero attached hydrogens (tertiary/aromatic N) is 2. The normalized spacial score (nSPS) is 15.8. The predicted octanol–water partition coefficient (Wildman–Crippen LogP) is 3.70. The summed E-state index contributed by atoms with van der Waals surface area (Å²) in [5.74, 6) is -0.108. The van der Waals surface area contributed by atoms with E-state index in [2.05, 4.69) is 35.2 Å². The zero-order chi connectivity index (χ0) is 18.4. The smallest absolute Gasteiger partial charge is 0.231 e. The number of likely N-dealkylation sites (tertiary alicyclic amines) is 1. The molecular weight excluding hydrogens is 393 g/mol. The molecule has 0 bridgehead atoms. The number of nitrogens with two attached hydrogens (primary N) is 1. The van der Waals surface area contributed by atoms with Crippen molar-refractivity contribution in [2.75, 3.05) is 26.7 Å². The van der Waals surface area contributed by atoms with E-state index in [1.165, 1.54) is 5.56 Å². The van der Waals surface area contributed by atoms with Crippen molar-refractivity contribution in [2.24, 2.45) is 5.73 Å². The molecule has 0 saturated carbocycles. The number of amides is 1. The van der Waals surface area contributed by atoms with Gasteiger partial charge in [-0.25, -0.2) is 0 Å². The molecule has 0 spiro atoms. The summed E-state index contributed by atoms with van der Waals surface area (Å²) in [6, 6.07) is 20.8. The lowest BCUT2D eigenvalue weighted by Gasteiger charge is -2.38. The molecule has 28 heavy (non-hydrogen) atoms. The average molecular weight is 424 g/mol. The molecule has 1 aliphatic rings. The molecule has 4 nitrogen and oxygen atoms in total. The van der Waals surface area contributed by atoms with Gasteiger partial charge in [-0.1, -0.05) is 60.7 Å². The van der Waals surface area contributed by atoms with Crippen molar-refractivity contribution >= 4 is 30.7 Å². The van der Waals surface area contributed by atoms with Crippen molar-refractivity contribution in [3.8, 4) is 0 Å². The van der Waals surface area contributed by atoms with Crippen LogP contribution in [-0.2, 0) is 11.3 Å². The second kappa shape index (κ2) is 12.1. The second-order valence-corrected chi connectivity index (χ2v) is 7.14. The minimum absolute atomic E-state index is 0. The maximum absolute atomic E-state index is 13.0. The fraction of sp³-hybridized carbons (Fsp3) is 0.409. The molecule has 3 rings (SSSR count). The molecule has 1 atom stereocenters. The Kier molecular flexibility index (Phi) is 10.5. The first-order valence-electron chi connectivity index (χ1n) is 9.47. The van der Waals surface area contributed by atoms with Crippen LogP contribution in [0.4, 0.5) is 0 Å². The van der Waals surface area contributed by atoms with E-state index in [9.17, 15) is 4.79 Å². The van der Waals surface area contributed by atoms with Gasteiger partial charge in [-0.15, -0.1) is 24.8 Å². The molecule has 2 N–H and O–H groups in total. The quantitative estimate of drug-likeness (QED) is 0.770. The standard InChI is InChI=1S/C22H29N3O.2ClH/c1-24(22(26)21(16-23)19-10-6-3-7-11-19)20-12-14-25(15-13-20)17-18-8-4-2-5-9-18;;/h2-11,20-21H,12-17,23H2,1H3;2*1H. The van der Waals surface area contributed by atoms with Crippen LogP contribution in [0.5, 0.6) is 0 Å². The fourth-order valence-electron chi connectivity index (χ4n) is 3.80. The summed E-state index contributed by atoms with van der Waals surface area (Å²) in [4.78, 5) is 17.4. The summed E-state index contributed by atoms with van der Waals surface area (Å²) in [7, 11) is 1.94. The van der Waals surface area contributed by atoms with Crippen molar-refractivity contribution in [3.63, 3.8) is 0 Å². The van der Waals surface area contributed by atoms with Crippen LogP contribution in [0.25, 0.3) is 0 Å². The summed E-state index contributed by atoms with van der Waals surface area (Å²) in [6.07, 6.45) is 2.03. The van der Waals surface area contributed by atoms with Crippen LogP contribution in [0.15, 0.2) is 60.7 Å². The molecule has 0 aromatic heterocycles. The van der Waals surface area contributed by atoms with Gasteiger partial charge in [-0.05, 0) is 24.0 Å². The fourth-order valence-corrected chi connectivity index (χ4v) is 3.80. The summed E-state index contributed by atoms with van der Waals surface area (Å²) in [6.45, 7) is 3.38. The monoisotopic (exact) mass is 423 g/mol. The van der Waals surface area contributed by atoms with E-state index < -0.39 is 0 Å². The summed E-state index contributed by atoms with van der Waals surface area (Å²) in [5.41, 5.74) is 8.28. The van der Waals surface area contributed by atoms with Gasteiger partial charge in [0.25, 0.3) is 0 Å². The van der Waals surface area contributed by atoms with Gasteiger partial charge < -0.3 is 10.6 Å². The lowest BCUT2D eigenvalue weighted by Crippen LogP contribution is -2.47. The molecule has 2 aromatic carbocycles. The second-order valence-electron chi connectivity index (χ2n) is 7.14. The highest BCUT2D eigenvalue weighted by atomic mass is 35.5. The molecule has 6 heteroatoms. The zero-order valence-electron chi connectivity index (χ0n) is 16.4. The number of carbonyl (C=O) groups excluding carboxylic acids is 1. The van der Waals surface area contributed by atoms with Crippen LogP contribution in [0.1, 0.15) is 29.9 Å². The molecule has 154 valence electrons. The van der Waals surface area contributed by atoms with Crippen LogP contribution in [0.3, 0.4) is 0 Å². The number of carbonyl (C=O) groups is 1. The Hall–Kier alpha value is -1.59.